The Morgan fingerprint density at radius 1 is 1.44 bits per heavy atom. The Hall–Kier alpha value is -0.380. The van der Waals surface area contributed by atoms with Gasteiger partial charge in [-0.1, -0.05) is 6.08 Å². The van der Waals surface area contributed by atoms with E-state index in [0.29, 0.717) is 6.61 Å². The van der Waals surface area contributed by atoms with Gasteiger partial charge < -0.3 is 14.2 Å². The largest absolute Gasteiger partial charge is 0.333 e. The first-order chi connectivity index (χ1) is 4.35. The van der Waals surface area contributed by atoms with E-state index in [1.165, 1.54) is 14.2 Å². The number of hydrogen-bond donors (Lipinski definition) is 0. The maximum absolute atomic E-state index is 4.93. The monoisotopic (exact) mass is 132 g/mol. The van der Waals surface area contributed by atoms with E-state index in [-0.39, 0.29) is 0 Å². The van der Waals surface area contributed by atoms with Crippen LogP contribution >= 0.6 is 0 Å². The van der Waals surface area contributed by atoms with Gasteiger partial charge in [-0.15, -0.1) is 6.58 Å². The number of rotatable bonds is 5. The molecule has 0 radical (unpaired) electrons. The van der Waals surface area contributed by atoms with Crippen LogP contribution in [-0.4, -0.2) is 27.3 Å². The summed E-state index contributed by atoms with van der Waals surface area (Å²) in [5, 5.41) is 0. The van der Waals surface area contributed by atoms with E-state index >= 15 is 0 Å². The van der Waals surface area contributed by atoms with Gasteiger partial charge in [-0.3, -0.25) is 0 Å². The van der Waals surface area contributed by atoms with Crippen molar-refractivity contribution in [2.75, 3.05) is 20.8 Å². The SMILES string of the molecule is C=CCOC(OC)OC. The van der Waals surface area contributed by atoms with Crippen LogP contribution in [0.5, 0.6) is 0 Å². The predicted molar refractivity (Wildman–Crippen MR) is 34.0 cm³/mol. The summed E-state index contributed by atoms with van der Waals surface area (Å²) in [4.78, 5) is 0. The summed E-state index contributed by atoms with van der Waals surface area (Å²) < 4.78 is 14.3. The minimum Gasteiger partial charge on any atom is -0.333 e. The highest BCUT2D eigenvalue weighted by atomic mass is 16.8. The van der Waals surface area contributed by atoms with Crippen LogP contribution in [0.15, 0.2) is 12.7 Å². The van der Waals surface area contributed by atoms with Gasteiger partial charge in [-0.2, -0.15) is 0 Å². The summed E-state index contributed by atoms with van der Waals surface area (Å²) in [5.41, 5.74) is 0. The Kier molecular flexibility index (Phi) is 5.51. The Bertz CT molecular complexity index is 68.7. The molecule has 0 aliphatic heterocycles. The molecule has 0 amide bonds. The third kappa shape index (κ3) is 4.14. The first-order valence-corrected chi connectivity index (χ1v) is 2.63. The molecule has 54 valence electrons. The summed E-state index contributed by atoms with van der Waals surface area (Å²) in [5.74, 6) is 0. The summed E-state index contributed by atoms with van der Waals surface area (Å²) in [6.07, 6.45) is 1.63. The van der Waals surface area contributed by atoms with Gasteiger partial charge in [0.25, 0.3) is 6.48 Å². The molecule has 0 saturated heterocycles. The summed E-state index contributed by atoms with van der Waals surface area (Å²) in [6, 6.07) is 0. The van der Waals surface area contributed by atoms with Gasteiger partial charge in [0, 0.05) is 14.2 Å². The summed E-state index contributed by atoms with van der Waals surface area (Å²) >= 11 is 0. The Balaban J connectivity index is 3.19. The Labute approximate surface area is 55.2 Å². The molecule has 9 heavy (non-hydrogen) atoms. The molecule has 0 spiro atoms. The van der Waals surface area contributed by atoms with Crippen LogP contribution in [0.2, 0.25) is 0 Å². The van der Waals surface area contributed by atoms with Crippen molar-refractivity contribution in [3.63, 3.8) is 0 Å². The molecule has 0 fully saturated rings. The van der Waals surface area contributed by atoms with Crippen molar-refractivity contribution in [2.24, 2.45) is 0 Å². The molecule has 0 aromatic heterocycles. The topological polar surface area (TPSA) is 27.7 Å². The molecule has 0 unspecified atom stereocenters. The lowest BCUT2D eigenvalue weighted by Crippen LogP contribution is -2.16. The first-order valence-electron chi connectivity index (χ1n) is 2.63. The molecule has 0 aliphatic rings. The lowest BCUT2D eigenvalue weighted by Gasteiger charge is -2.11. The van der Waals surface area contributed by atoms with E-state index in [9.17, 15) is 0 Å². The van der Waals surface area contributed by atoms with Crippen molar-refractivity contribution in [3.05, 3.63) is 12.7 Å². The minimum atomic E-state index is -0.567. The van der Waals surface area contributed by atoms with Crippen molar-refractivity contribution in [3.8, 4) is 0 Å². The second kappa shape index (κ2) is 5.75. The molecular weight excluding hydrogens is 120 g/mol. The van der Waals surface area contributed by atoms with Gasteiger partial charge in [-0.05, 0) is 0 Å². The fraction of sp³-hybridized carbons (Fsp3) is 0.667. The molecule has 3 heteroatoms. The van der Waals surface area contributed by atoms with Crippen molar-refractivity contribution in [1.82, 2.24) is 0 Å². The minimum absolute atomic E-state index is 0.437. The number of ether oxygens (including phenoxy) is 3. The molecule has 0 heterocycles. The summed E-state index contributed by atoms with van der Waals surface area (Å²) in [7, 11) is 3.02. The highest BCUT2D eigenvalue weighted by Crippen LogP contribution is 1.91. The number of hydrogen-bond acceptors (Lipinski definition) is 3. The van der Waals surface area contributed by atoms with Crippen LogP contribution in [0.4, 0.5) is 0 Å². The van der Waals surface area contributed by atoms with Gasteiger partial charge >= 0.3 is 0 Å². The van der Waals surface area contributed by atoms with Crippen LogP contribution in [0.1, 0.15) is 0 Å². The van der Waals surface area contributed by atoms with Gasteiger partial charge in [-0.25, -0.2) is 0 Å². The van der Waals surface area contributed by atoms with Gasteiger partial charge in [0.05, 0.1) is 6.61 Å². The van der Waals surface area contributed by atoms with E-state index in [1.807, 2.05) is 0 Å². The zero-order valence-electron chi connectivity index (χ0n) is 5.79. The van der Waals surface area contributed by atoms with Gasteiger partial charge in [0.2, 0.25) is 0 Å². The van der Waals surface area contributed by atoms with Crippen LogP contribution in [0.3, 0.4) is 0 Å². The van der Waals surface area contributed by atoms with E-state index < -0.39 is 6.48 Å². The highest BCUT2D eigenvalue weighted by Gasteiger charge is 2.00. The molecule has 0 rings (SSSR count). The van der Waals surface area contributed by atoms with Crippen LogP contribution < -0.4 is 0 Å². The molecule has 0 aliphatic carbocycles. The highest BCUT2D eigenvalue weighted by molar-refractivity contribution is 4.63. The lowest BCUT2D eigenvalue weighted by molar-refractivity contribution is -0.260. The lowest BCUT2D eigenvalue weighted by atomic mass is 10.7. The third-order valence-electron chi connectivity index (χ3n) is 0.735. The van der Waals surface area contributed by atoms with Crippen molar-refractivity contribution >= 4 is 0 Å². The van der Waals surface area contributed by atoms with E-state index in [0.717, 1.165) is 0 Å². The van der Waals surface area contributed by atoms with Crippen LogP contribution in [-0.2, 0) is 14.2 Å². The average Bonchev–Trinajstić information content (AvgIpc) is 1.91. The second-order valence-electron chi connectivity index (χ2n) is 1.38. The van der Waals surface area contributed by atoms with E-state index in [4.69, 9.17) is 14.2 Å². The molecule has 0 aromatic carbocycles. The summed E-state index contributed by atoms with van der Waals surface area (Å²) in [6.45, 7) is 3.34. The van der Waals surface area contributed by atoms with Crippen molar-refractivity contribution in [2.45, 2.75) is 6.48 Å². The second-order valence-corrected chi connectivity index (χ2v) is 1.38. The van der Waals surface area contributed by atoms with Crippen molar-refractivity contribution in [1.29, 1.82) is 0 Å². The normalized spacial score (nSPS) is 10.1. The Morgan fingerprint density at radius 3 is 2.33 bits per heavy atom. The zero-order chi connectivity index (χ0) is 7.11. The smallest absolute Gasteiger partial charge is 0.271 e. The van der Waals surface area contributed by atoms with E-state index in [1.54, 1.807) is 6.08 Å². The zero-order valence-corrected chi connectivity index (χ0v) is 5.79. The molecular formula is C6H12O3. The maximum atomic E-state index is 4.93. The fourth-order valence-electron chi connectivity index (χ4n) is 0.379. The standard InChI is InChI=1S/C6H12O3/c1-4-5-9-6(7-2)8-3/h4,6H,1,5H2,2-3H3. The third-order valence-corrected chi connectivity index (χ3v) is 0.735. The fourth-order valence-corrected chi connectivity index (χ4v) is 0.379. The Morgan fingerprint density at radius 2 is 2.00 bits per heavy atom. The first kappa shape index (κ1) is 8.62. The van der Waals surface area contributed by atoms with Gasteiger partial charge in [0.1, 0.15) is 0 Å². The molecule has 0 atom stereocenters. The van der Waals surface area contributed by atoms with Crippen LogP contribution in [0.25, 0.3) is 0 Å². The molecule has 0 N–H and O–H groups in total. The van der Waals surface area contributed by atoms with Crippen LogP contribution in [0, 0.1) is 0 Å². The predicted octanol–water partition coefficient (Wildman–Crippen LogP) is 0.765. The molecule has 0 aromatic rings. The maximum Gasteiger partial charge on any atom is 0.271 e. The van der Waals surface area contributed by atoms with Crippen molar-refractivity contribution < 1.29 is 14.2 Å². The van der Waals surface area contributed by atoms with E-state index in [2.05, 4.69) is 6.58 Å². The molecule has 0 bridgehead atoms. The molecule has 0 saturated carbocycles. The average molecular weight is 132 g/mol. The quantitative estimate of drug-likeness (QED) is 0.408. The van der Waals surface area contributed by atoms with Gasteiger partial charge in [0.15, 0.2) is 0 Å². The number of methoxy groups -OCH3 is 2. The molecule has 3 nitrogen and oxygen atoms in total.